The number of carbonyl (C=O) groups excluding carboxylic acids is 1. The van der Waals surface area contributed by atoms with Gasteiger partial charge in [0.05, 0.1) is 0 Å². The van der Waals surface area contributed by atoms with E-state index in [1.807, 2.05) is 30.3 Å². The zero-order valence-electron chi connectivity index (χ0n) is 9.88. The molecule has 1 aromatic rings. The van der Waals surface area contributed by atoms with Crippen molar-refractivity contribution in [3.05, 3.63) is 35.9 Å². The van der Waals surface area contributed by atoms with Crippen molar-refractivity contribution in [2.24, 2.45) is 5.84 Å². The average molecular weight is 236 g/mol. The van der Waals surface area contributed by atoms with E-state index in [0.717, 1.165) is 10.6 Å². The zero-order chi connectivity index (χ0) is 12.7. The van der Waals surface area contributed by atoms with Crippen molar-refractivity contribution >= 4 is 6.09 Å². The molecular formula is C12H16N2O3. The number of nitrogens with two attached hydrogens (primary N) is 1. The van der Waals surface area contributed by atoms with E-state index in [1.54, 1.807) is 6.92 Å². The summed E-state index contributed by atoms with van der Waals surface area (Å²) in [5, 5.41) is 11.0. The van der Waals surface area contributed by atoms with Crippen LogP contribution in [0.4, 0.5) is 4.79 Å². The molecule has 0 saturated carbocycles. The van der Waals surface area contributed by atoms with Crippen LogP contribution in [0.15, 0.2) is 30.3 Å². The first kappa shape index (κ1) is 11.9. The minimum atomic E-state index is -1.53. The van der Waals surface area contributed by atoms with Crippen LogP contribution in [0.2, 0.25) is 0 Å². The minimum absolute atomic E-state index is 0.403. The quantitative estimate of drug-likeness (QED) is 0.594. The Kier molecular flexibility index (Phi) is 2.60. The highest BCUT2D eigenvalue weighted by atomic mass is 16.6. The Labute approximate surface area is 99.8 Å². The lowest BCUT2D eigenvalue weighted by Crippen LogP contribution is -2.58. The number of rotatable bonds is 2. The fourth-order valence-electron chi connectivity index (χ4n) is 1.96. The van der Waals surface area contributed by atoms with Crippen LogP contribution in [0.5, 0.6) is 0 Å². The first-order valence-electron chi connectivity index (χ1n) is 5.41. The maximum Gasteiger partial charge on any atom is 0.427 e. The number of ether oxygens (including phenoxy) is 1. The zero-order valence-corrected chi connectivity index (χ0v) is 9.88. The molecule has 92 valence electrons. The summed E-state index contributed by atoms with van der Waals surface area (Å²) in [6.45, 7) is 3.14. The van der Waals surface area contributed by atoms with Crippen LogP contribution in [0.25, 0.3) is 0 Å². The van der Waals surface area contributed by atoms with Gasteiger partial charge in [0.1, 0.15) is 0 Å². The van der Waals surface area contributed by atoms with E-state index < -0.39 is 17.4 Å². The second-order valence-electron chi connectivity index (χ2n) is 4.65. The molecule has 1 heterocycles. The molecule has 5 nitrogen and oxygen atoms in total. The molecule has 2 unspecified atom stereocenters. The number of benzene rings is 1. The van der Waals surface area contributed by atoms with Crippen molar-refractivity contribution < 1.29 is 14.6 Å². The van der Waals surface area contributed by atoms with Gasteiger partial charge in [0.25, 0.3) is 0 Å². The molecule has 1 saturated heterocycles. The summed E-state index contributed by atoms with van der Waals surface area (Å²) >= 11 is 0. The SMILES string of the molecule is CC1(Cc2ccccc2)OC(=O)N(N)C1(C)O. The molecule has 1 aliphatic rings. The molecule has 1 aromatic carbocycles. The Morgan fingerprint density at radius 1 is 1.35 bits per heavy atom. The van der Waals surface area contributed by atoms with Crippen LogP contribution in [-0.4, -0.2) is 27.5 Å². The number of nitrogens with zero attached hydrogens (tertiary/aromatic N) is 1. The van der Waals surface area contributed by atoms with Gasteiger partial charge in [-0.2, -0.15) is 0 Å². The molecule has 5 heteroatoms. The van der Waals surface area contributed by atoms with Gasteiger partial charge in [-0.3, -0.25) is 0 Å². The van der Waals surface area contributed by atoms with E-state index in [2.05, 4.69) is 0 Å². The van der Waals surface area contributed by atoms with Crippen molar-refractivity contribution in [2.75, 3.05) is 0 Å². The Morgan fingerprint density at radius 2 is 1.94 bits per heavy atom. The number of aliphatic hydroxyl groups is 1. The molecule has 1 amide bonds. The molecule has 0 radical (unpaired) electrons. The second kappa shape index (κ2) is 3.72. The van der Waals surface area contributed by atoms with Gasteiger partial charge in [-0.25, -0.2) is 15.6 Å². The first-order chi connectivity index (χ1) is 7.87. The smallest absolute Gasteiger partial charge is 0.427 e. The van der Waals surface area contributed by atoms with Gasteiger partial charge >= 0.3 is 6.09 Å². The molecule has 2 rings (SSSR count). The summed E-state index contributed by atoms with van der Waals surface area (Å²) in [5.41, 5.74) is -1.61. The Hall–Kier alpha value is -1.59. The van der Waals surface area contributed by atoms with Crippen molar-refractivity contribution in [2.45, 2.75) is 31.6 Å². The molecular weight excluding hydrogens is 220 g/mol. The molecule has 0 aliphatic carbocycles. The van der Waals surface area contributed by atoms with Crippen molar-refractivity contribution in [1.29, 1.82) is 0 Å². The van der Waals surface area contributed by atoms with Gasteiger partial charge < -0.3 is 9.84 Å². The van der Waals surface area contributed by atoms with Gasteiger partial charge in [0.2, 0.25) is 0 Å². The fraction of sp³-hybridized carbons (Fsp3) is 0.417. The molecule has 3 N–H and O–H groups in total. The largest absolute Gasteiger partial charge is 0.437 e. The van der Waals surface area contributed by atoms with Crippen molar-refractivity contribution in [3.8, 4) is 0 Å². The van der Waals surface area contributed by atoms with Crippen LogP contribution >= 0.6 is 0 Å². The number of cyclic esters (lactones) is 1. The van der Waals surface area contributed by atoms with Crippen molar-refractivity contribution in [3.63, 3.8) is 0 Å². The highest BCUT2D eigenvalue weighted by Gasteiger charge is 2.58. The fourth-order valence-corrected chi connectivity index (χ4v) is 1.96. The topological polar surface area (TPSA) is 75.8 Å². The lowest BCUT2D eigenvalue weighted by Gasteiger charge is -2.35. The summed E-state index contributed by atoms with van der Waals surface area (Å²) in [6, 6.07) is 9.51. The third-order valence-electron chi connectivity index (χ3n) is 3.36. The number of amides is 1. The number of hydrogen-bond donors (Lipinski definition) is 2. The van der Waals surface area contributed by atoms with Gasteiger partial charge in [-0.15, -0.1) is 0 Å². The van der Waals surface area contributed by atoms with E-state index in [9.17, 15) is 9.90 Å². The summed E-state index contributed by atoms with van der Waals surface area (Å²) in [4.78, 5) is 11.4. The summed E-state index contributed by atoms with van der Waals surface area (Å²) < 4.78 is 5.19. The predicted octanol–water partition coefficient (Wildman–Crippen LogP) is 1.02. The standard InChI is InChI=1S/C12H16N2O3/c1-11(8-9-6-4-3-5-7-9)12(2,16)14(13)10(15)17-11/h3-7,16H,8,13H2,1-2H3. The molecule has 17 heavy (non-hydrogen) atoms. The maximum absolute atomic E-state index is 11.4. The van der Waals surface area contributed by atoms with Crippen LogP contribution in [0.3, 0.4) is 0 Å². The Morgan fingerprint density at radius 3 is 2.41 bits per heavy atom. The molecule has 2 atom stereocenters. The normalized spacial score (nSPS) is 32.7. The van der Waals surface area contributed by atoms with E-state index in [-0.39, 0.29) is 0 Å². The van der Waals surface area contributed by atoms with Crippen LogP contribution < -0.4 is 5.84 Å². The third-order valence-corrected chi connectivity index (χ3v) is 3.36. The number of carbonyl (C=O) groups is 1. The van der Waals surface area contributed by atoms with E-state index in [0.29, 0.717) is 6.42 Å². The van der Waals surface area contributed by atoms with Gasteiger partial charge in [0, 0.05) is 6.42 Å². The Balaban J connectivity index is 2.29. The monoisotopic (exact) mass is 236 g/mol. The predicted molar refractivity (Wildman–Crippen MR) is 61.7 cm³/mol. The van der Waals surface area contributed by atoms with E-state index >= 15 is 0 Å². The van der Waals surface area contributed by atoms with Gasteiger partial charge in [0.15, 0.2) is 11.3 Å². The average Bonchev–Trinajstić information content (AvgIpc) is 2.41. The number of hydrogen-bond acceptors (Lipinski definition) is 4. The van der Waals surface area contributed by atoms with Gasteiger partial charge in [-0.05, 0) is 19.4 Å². The molecule has 1 aliphatic heterocycles. The highest BCUT2D eigenvalue weighted by Crippen LogP contribution is 2.37. The molecule has 0 bridgehead atoms. The maximum atomic E-state index is 11.4. The Bertz CT molecular complexity index is 433. The minimum Gasteiger partial charge on any atom is -0.437 e. The number of hydrazine groups is 1. The summed E-state index contributed by atoms with van der Waals surface area (Å²) in [7, 11) is 0. The van der Waals surface area contributed by atoms with Crippen LogP contribution in [0, 0.1) is 0 Å². The summed E-state index contributed by atoms with van der Waals surface area (Å²) in [5.74, 6) is 5.49. The molecule has 0 aromatic heterocycles. The summed E-state index contributed by atoms with van der Waals surface area (Å²) in [6.07, 6.45) is -0.311. The molecule has 1 fully saturated rings. The van der Waals surface area contributed by atoms with E-state index in [4.69, 9.17) is 10.6 Å². The van der Waals surface area contributed by atoms with Crippen molar-refractivity contribution in [1.82, 2.24) is 5.01 Å². The van der Waals surface area contributed by atoms with E-state index in [1.165, 1.54) is 6.92 Å². The second-order valence-corrected chi connectivity index (χ2v) is 4.65. The highest BCUT2D eigenvalue weighted by molar-refractivity contribution is 5.71. The third kappa shape index (κ3) is 1.77. The molecule has 0 spiro atoms. The van der Waals surface area contributed by atoms with Crippen LogP contribution in [0.1, 0.15) is 19.4 Å². The first-order valence-corrected chi connectivity index (χ1v) is 5.41. The lowest BCUT2D eigenvalue weighted by molar-refractivity contribution is -0.136. The van der Waals surface area contributed by atoms with Crippen LogP contribution in [-0.2, 0) is 11.2 Å². The lowest BCUT2D eigenvalue weighted by atomic mass is 9.87. The van der Waals surface area contributed by atoms with Gasteiger partial charge in [-0.1, -0.05) is 30.3 Å².